The van der Waals surface area contributed by atoms with Gasteiger partial charge in [-0.15, -0.1) is 0 Å². The van der Waals surface area contributed by atoms with E-state index in [0.717, 1.165) is 19.5 Å². The van der Waals surface area contributed by atoms with Crippen molar-refractivity contribution in [3.05, 3.63) is 18.2 Å². The van der Waals surface area contributed by atoms with Gasteiger partial charge in [-0.1, -0.05) is 13.3 Å². The van der Waals surface area contributed by atoms with Crippen LogP contribution in [0.25, 0.3) is 0 Å². The maximum Gasteiger partial charge on any atom is 0.305 e. The van der Waals surface area contributed by atoms with Crippen molar-refractivity contribution in [1.82, 2.24) is 4.57 Å². The van der Waals surface area contributed by atoms with Gasteiger partial charge in [0.15, 0.2) is 0 Å². The van der Waals surface area contributed by atoms with Crippen molar-refractivity contribution in [2.75, 3.05) is 7.11 Å². The summed E-state index contributed by atoms with van der Waals surface area (Å²) in [4.78, 5) is 11.2. The minimum Gasteiger partial charge on any atom is -0.469 e. The molecule has 0 amide bonds. The Morgan fingerprint density at radius 2 is 2.17 bits per heavy atom. The highest BCUT2D eigenvalue weighted by Gasteiger charge is 2.13. The number of esters is 1. The van der Waals surface area contributed by atoms with E-state index in [9.17, 15) is 4.79 Å². The number of methoxy groups -OCH3 is 1. The maximum atomic E-state index is 11.2. The summed E-state index contributed by atoms with van der Waals surface area (Å²) in [5, 5.41) is 0. The number of aryl methyl sites for hydroxylation is 3. The van der Waals surface area contributed by atoms with Crippen molar-refractivity contribution in [3.8, 4) is 0 Å². The Balaban J connectivity index is 2.57. The molecule has 0 radical (unpaired) electrons. The van der Waals surface area contributed by atoms with Gasteiger partial charge in [-0.25, -0.2) is 9.13 Å². The predicted octanol–water partition coefficient (Wildman–Crippen LogP) is 2.09. The Morgan fingerprint density at radius 1 is 1.39 bits per heavy atom. The molecule has 4 heteroatoms. The molecule has 1 heterocycles. The monoisotopic (exact) mass is 253 g/mol. The molecule has 0 saturated heterocycles. The zero-order chi connectivity index (χ0) is 13.4. The summed E-state index contributed by atoms with van der Waals surface area (Å²) >= 11 is 0. The summed E-state index contributed by atoms with van der Waals surface area (Å²) < 4.78 is 9.11. The average Bonchev–Trinajstić information content (AvgIpc) is 2.78. The van der Waals surface area contributed by atoms with Gasteiger partial charge in [0.1, 0.15) is 11.9 Å². The molecule has 0 bridgehead atoms. The van der Waals surface area contributed by atoms with Gasteiger partial charge >= 0.3 is 5.97 Å². The predicted molar refractivity (Wildman–Crippen MR) is 70.2 cm³/mol. The summed E-state index contributed by atoms with van der Waals surface area (Å²) in [6.07, 6.45) is 9.22. The van der Waals surface area contributed by atoms with E-state index in [1.807, 2.05) is 0 Å². The molecule has 1 aromatic rings. The molecular weight excluding hydrogens is 228 g/mol. The molecule has 0 N–H and O–H groups in total. The molecule has 102 valence electrons. The number of aromatic nitrogens is 2. The van der Waals surface area contributed by atoms with Gasteiger partial charge < -0.3 is 4.74 Å². The molecule has 0 unspecified atom stereocenters. The first-order valence-corrected chi connectivity index (χ1v) is 6.86. The van der Waals surface area contributed by atoms with Crippen molar-refractivity contribution >= 4 is 5.97 Å². The summed E-state index contributed by atoms with van der Waals surface area (Å²) in [5.74, 6) is -0.142. The van der Waals surface area contributed by atoms with Crippen LogP contribution in [0.5, 0.6) is 0 Å². The number of ether oxygens (including phenoxy) is 1. The van der Waals surface area contributed by atoms with Crippen LogP contribution in [0, 0.1) is 0 Å². The second-order valence-corrected chi connectivity index (χ2v) is 4.54. The van der Waals surface area contributed by atoms with Crippen LogP contribution in [0.1, 0.15) is 45.2 Å². The largest absolute Gasteiger partial charge is 0.469 e. The third-order valence-corrected chi connectivity index (χ3v) is 3.14. The van der Waals surface area contributed by atoms with Crippen LogP contribution in [-0.4, -0.2) is 17.6 Å². The molecular formula is C14H25N2O2+. The van der Waals surface area contributed by atoms with E-state index in [0.29, 0.717) is 6.42 Å². The lowest BCUT2D eigenvalue weighted by atomic mass is 10.2. The van der Waals surface area contributed by atoms with E-state index in [1.165, 1.54) is 32.1 Å². The van der Waals surface area contributed by atoms with Crippen molar-refractivity contribution in [3.63, 3.8) is 0 Å². The van der Waals surface area contributed by atoms with Gasteiger partial charge in [0.2, 0.25) is 6.33 Å². The lowest BCUT2D eigenvalue weighted by molar-refractivity contribution is -0.700. The zero-order valence-electron chi connectivity index (χ0n) is 11.8. The van der Waals surface area contributed by atoms with Gasteiger partial charge in [-0.3, -0.25) is 4.79 Å². The smallest absolute Gasteiger partial charge is 0.305 e. The molecule has 1 aromatic heterocycles. The molecule has 1 rings (SSSR count). The molecule has 0 aliphatic rings. The lowest BCUT2D eigenvalue weighted by Crippen LogP contribution is -2.34. The van der Waals surface area contributed by atoms with Crippen LogP contribution in [0.15, 0.2) is 12.5 Å². The first-order chi connectivity index (χ1) is 8.71. The van der Waals surface area contributed by atoms with E-state index in [1.54, 1.807) is 0 Å². The Kier molecular flexibility index (Phi) is 6.47. The number of carbonyl (C=O) groups is 1. The van der Waals surface area contributed by atoms with E-state index in [-0.39, 0.29) is 5.97 Å². The molecule has 0 atom stereocenters. The molecule has 4 nitrogen and oxygen atoms in total. The van der Waals surface area contributed by atoms with E-state index >= 15 is 0 Å². The topological polar surface area (TPSA) is 35.1 Å². The second-order valence-electron chi connectivity index (χ2n) is 4.54. The Bertz CT molecular complexity index is 372. The van der Waals surface area contributed by atoms with Gasteiger partial charge in [-0.2, -0.15) is 0 Å². The van der Waals surface area contributed by atoms with Crippen LogP contribution in [0.3, 0.4) is 0 Å². The number of carbonyl (C=O) groups excluding carboxylic acids is 1. The van der Waals surface area contributed by atoms with E-state index in [2.05, 4.69) is 40.2 Å². The van der Waals surface area contributed by atoms with Gasteiger partial charge in [0, 0.05) is 6.42 Å². The van der Waals surface area contributed by atoms with E-state index in [4.69, 9.17) is 0 Å². The Labute approximate surface area is 110 Å². The van der Waals surface area contributed by atoms with Gasteiger partial charge in [-0.05, 0) is 19.8 Å². The van der Waals surface area contributed by atoms with Crippen molar-refractivity contribution in [2.24, 2.45) is 0 Å². The van der Waals surface area contributed by atoms with Crippen molar-refractivity contribution < 1.29 is 14.1 Å². The first-order valence-electron chi connectivity index (χ1n) is 6.86. The maximum absolute atomic E-state index is 11.2. The van der Waals surface area contributed by atoms with Crippen molar-refractivity contribution in [2.45, 2.75) is 59.0 Å². The minimum atomic E-state index is -0.142. The van der Waals surface area contributed by atoms with Crippen LogP contribution >= 0.6 is 0 Å². The molecule has 0 aromatic carbocycles. The lowest BCUT2D eigenvalue weighted by Gasteiger charge is -1.97. The highest BCUT2D eigenvalue weighted by molar-refractivity contribution is 5.69. The quantitative estimate of drug-likeness (QED) is 0.404. The van der Waals surface area contributed by atoms with E-state index < -0.39 is 0 Å². The highest BCUT2D eigenvalue weighted by atomic mass is 16.5. The molecule has 0 spiro atoms. The zero-order valence-corrected chi connectivity index (χ0v) is 11.8. The summed E-state index contributed by atoms with van der Waals surface area (Å²) in [5.41, 5.74) is 1.21. The van der Waals surface area contributed by atoms with Gasteiger partial charge in [0.05, 0.1) is 26.6 Å². The van der Waals surface area contributed by atoms with Crippen molar-refractivity contribution in [1.29, 1.82) is 0 Å². The number of unbranched alkanes of at least 4 members (excludes halogenated alkanes) is 2. The summed E-state index contributed by atoms with van der Waals surface area (Å²) in [6.45, 7) is 6.34. The van der Waals surface area contributed by atoms with Crippen LogP contribution in [0.4, 0.5) is 0 Å². The fourth-order valence-corrected chi connectivity index (χ4v) is 2.04. The van der Waals surface area contributed by atoms with Crippen LogP contribution < -0.4 is 4.57 Å². The molecule has 0 aliphatic carbocycles. The number of imidazole rings is 1. The molecule has 18 heavy (non-hydrogen) atoms. The highest BCUT2D eigenvalue weighted by Crippen LogP contribution is 2.03. The molecule has 0 saturated carbocycles. The average molecular weight is 253 g/mol. The third kappa shape index (κ3) is 4.51. The third-order valence-electron chi connectivity index (χ3n) is 3.14. The SMILES string of the molecule is CCCCCn1cc(CCC(=O)OC)[n+](CC)c1. The summed E-state index contributed by atoms with van der Waals surface area (Å²) in [7, 11) is 1.44. The fraction of sp³-hybridized carbons (Fsp3) is 0.714. The standard InChI is InChI=1S/C14H25N2O2/c1-4-6-7-10-15-11-13(16(5-2)12-15)8-9-14(17)18-3/h11-12H,4-10H2,1-3H3/q+1. The normalized spacial score (nSPS) is 10.6. The second kappa shape index (κ2) is 7.90. The Morgan fingerprint density at radius 3 is 2.78 bits per heavy atom. The number of hydrogen-bond acceptors (Lipinski definition) is 2. The molecule has 0 fully saturated rings. The Hall–Kier alpha value is -1.32. The minimum absolute atomic E-state index is 0.142. The number of rotatable bonds is 8. The molecule has 0 aliphatic heterocycles. The fourth-order valence-electron chi connectivity index (χ4n) is 2.04. The van der Waals surface area contributed by atoms with Crippen LogP contribution in [0.2, 0.25) is 0 Å². The van der Waals surface area contributed by atoms with Crippen LogP contribution in [-0.2, 0) is 29.0 Å². The number of nitrogens with zero attached hydrogens (tertiary/aromatic N) is 2. The van der Waals surface area contributed by atoms with Gasteiger partial charge in [0.25, 0.3) is 0 Å². The summed E-state index contributed by atoms with van der Waals surface area (Å²) in [6, 6.07) is 0. The number of hydrogen-bond donors (Lipinski definition) is 0. The first kappa shape index (κ1) is 14.7.